The lowest BCUT2D eigenvalue weighted by atomic mass is 10.2. The Morgan fingerprint density at radius 1 is 1.36 bits per heavy atom. The van der Waals surface area contributed by atoms with Crippen molar-refractivity contribution in [1.29, 1.82) is 0 Å². The average molecular weight is 316 g/mol. The molecular weight excluding hydrogens is 304 g/mol. The zero-order valence-electron chi connectivity index (χ0n) is 11.6. The minimum Gasteiger partial charge on any atom is -0.451 e. The molecule has 1 amide bonds. The van der Waals surface area contributed by atoms with Crippen LogP contribution < -0.4 is 5.32 Å². The lowest BCUT2D eigenvalue weighted by Crippen LogP contribution is -2.15. The number of amides is 1. The number of carbonyl (C=O) groups is 2. The smallest absolute Gasteiger partial charge is 0.234 e. The number of benzene rings is 1. The van der Waals surface area contributed by atoms with Crippen LogP contribution in [0.15, 0.2) is 40.2 Å². The summed E-state index contributed by atoms with van der Waals surface area (Å²) >= 11 is 1.22. The van der Waals surface area contributed by atoms with Gasteiger partial charge in [0.1, 0.15) is 11.9 Å². The molecule has 0 aliphatic carbocycles. The molecule has 2 aromatic heterocycles. The number of carbonyl (C=O) groups excluding carboxylic acids is 2. The van der Waals surface area contributed by atoms with Crippen LogP contribution >= 0.6 is 11.8 Å². The molecular formula is C14H12N4O3S. The molecule has 0 radical (unpaired) electrons. The van der Waals surface area contributed by atoms with E-state index in [1.165, 1.54) is 25.0 Å². The van der Waals surface area contributed by atoms with Crippen LogP contribution in [0.25, 0.3) is 11.0 Å². The van der Waals surface area contributed by atoms with E-state index in [2.05, 4.69) is 20.5 Å². The van der Waals surface area contributed by atoms with Crippen molar-refractivity contribution in [2.75, 3.05) is 11.1 Å². The number of hydrogen-bond donors (Lipinski definition) is 2. The molecule has 0 aliphatic rings. The first-order valence-corrected chi connectivity index (χ1v) is 7.44. The Morgan fingerprint density at radius 3 is 2.91 bits per heavy atom. The number of fused-ring (bicyclic) bond motifs is 1. The van der Waals surface area contributed by atoms with Gasteiger partial charge < -0.3 is 9.73 Å². The van der Waals surface area contributed by atoms with Crippen molar-refractivity contribution >= 4 is 40.1 Å². The first kappa shape index (κ1) is 14.3. The summed E-state index contributed by atoms with van der Waals surface area (Å²) in [4.78, 5) is 27.7. The molecule has 0 saturated heterocycles. The van der Waals surface area contributed by atoms with Gasteiger partial charge in [-0.05, 0) is 12.1 Å². The van der Waals surface area contributed by atoms with Crippen LogP contribution in [-0.2, 0) is 4.79 Å². The van der Waals surface area contributed by atoms with Crippen LogP contribution in [-0.4, -0.2) is 32.6 Å². The lowest BCUT2D eigenvalue weighted by molar-refractivity contribution is -0.113. The summed E-state index contributed by atoms with van der Waals surface area (Å²) < 4.78 is 5.51. The monoisotopic (exact) mass is 316 g/mol. The van der Waals surface area contributed by atoms with E-state index in [0.717, 1.165) is 0 Å². The molecule has 0 spiro atoms. The third-order valence-corrected chi connectivity index (χ3v) is 3.79. The fraction of sp³-hybridized carbons (Fsp3) is 0.143. The molecule has 0 saturated carbocycles. The minimum atomic E-state index is -0.254. The van der Waals surface area contributed by atoms with Gasteiger partial charge in [0.05, 0.1) is 11.4 Å². The third kappa shape index (κ3) is 2.86. The number of ketones is 1. The molecule has 3 aromatic rings. The van der Waals surface area contributed by atoms with E-state index in [1.54, 1.807) is 18.2 Å². The summed E-state index contributed by atoms with van der Waals surface area (Å²) in [5.74, 6) is -0.199. The summed E-state index contributed by atoms with van der Waals surface area (Å²) in [6, 6.07) is 7.17. The van der Waals surface area contributed by atoms with Gasteiger partial charge >= 0.3 is 0 Å². The largest absolute Gasteiger partial charge is 0.451 e. The number of para-hydroxylation sites is 1. The second-order valence-corrected chi connectivity index (χ2v) is 5.45. The summed E-state index contributed by atoms with van der Waals surface area (Å²) in [5, 5.41) is 10.4. The Bertz CT molecular complexity index is 826. The molecule has 1 aromatic carbocycles. The maximum Gasteiger partial charge on any atom is 0.234 e. The number of furan rings is 1. The van der Waals surface area contributed by atoms with E-state index < -0.39 is 0 Å². The normalized spacial score (nSPS) is 10.8. The Labute approximate surface area is 129 Å². The summed E-state index contributed by atoms with van der Waals surface area (Å²) in [7, 11) is 0. The zero-order valence-corrected chi connectivity index (χ0v) is 12.4. The highest BCUT2D eigenvalue weighted by atomic mass is 32.2. The summed E-state index contributed by atoms with van der Waals surface area (Å²) in [6.45, 7) is 1.40. The van der Waals surface area contributed by atoms with Crippen molar-refractivity contribution < 1.29 is 14.0 Å². The molecule has 0 fully saturated rings. The van der Waals surface area contributed by atoms with Crippen molar-refractivity contribution in [3.63, 3.8) is 0 Å². The highest BCUT2D eigenvalue weighted by Gasteiger charge is 2.19. The number of Topliss-reactive ketones (excluding diaryl/α,β-unsaturated/α-hetero) is 1. The number of thioether (sulfide) groups is 1. The fourth-order valence-electron chi connectivity index (χ4n) is 1.99. The van der Waals surface area contributed by atoms with Crippen molar-refractivity contribution in [1.82, 2.24) is 15.2 Å². The van der Waals surface area contributed by atoms with Crippen LogP contribution in [0.2, 0.25) is 0 Å². The second kappa shape index (κ2) is 6.02. The van der Waals surface area contributed by atoms with Gasteiger partial charge in [-0.2, -0.15) is 5.10 Å². The highest BCUT2D eigenvalue weighted by Crippen LogP contribution is 2.31. The van der Waals surface area contributed by atoms with Gasteiger partial charge in [0, 0.05) is 12.3 Å². The number of aromatic nitrogens is 3. The number of nitrogens with one attached hydrogen (secondary N) is 2. The Hall–Kier alpha value is -2.61. The molecule has 2 N–H and O–H groups in total. The summed E-state index contributed by atoms with van der Waals surface area (Å²) in [6.07, 6.45) is 1.37. The van der Waals surface area contributed by atoms with Crippen LogP contribution in [0, 0.1) is 0 Å². The molecule has 0 aliphatic heterocycles. The first-order chi connectivity index (χ1) is 10.6. The van der Waals surface area contributed by atoms with Crippen LogP contribution in [0.1, 0.15) is 17.5 Å². The van der Waals surface area contributed by atoms with E-state index in [4.69, 9.17) is 4.42 Å². The number of hydrogen-bond acceptors (Lipinski definition) is 6. The van der Waals surface area contributed by atoms with Gasteiger partial charge in [0.2, 0.25) is 5.91 Å². The van der Waals surface area contributed by atoms with E-state index >= 15 is 0 Å². The van der Waals surface area contributed by atoms with Gasteiger partial charge in [-0.25, -0.2) is 4.98 Å². The maximum absolute atomic E-state index is 12.1. The van der Waals surface area contributed by atoms with Crippen LogP contribution in [0.3, 0.4) is 0 Å². The van der Waals surface area contributed by atoms with E-state index in [0.29, 0.717) is 21.8 Å². The molecule has 112 valence electrons. The number of anilines is 1. The van der Waals surface area contributed by atoms with Gasteiger partial charge in [-0.15, -0.1) is 0 Å². The minimum absolute atomic E-state index is 0.145. The molecule has 2 heterocycles. The third-order valence-electron chi connectivity index (χ3n) is 2.91. The molecule has 8 heteroatoms. The number of nitrogens with zero attached hydrogens (tertiary/aromatic N) is 2. The standard InChI is InChI=1S/C14H12N4O3S/c1-8(19)13-12(9-4-2-3-5-10(9)21-13)17-11(20)6-22-14-15-7-16-18-14/h2-5,7H,6H2,1H3,(H,17,20)(H,15,16,18). The number of rotatable bonds is 5. The molecule has 0 unspecified atom stereocenters. The van der Waals surface area contributed by atoms with E-state index in [9.17, 15) is 9.59 Å². The SMILES string of the molecule is CC(=O)c1oc2ccccc2c1NC(=O)CSc1ncn[nH]1. The Kier molecular flexibility index (Phi) is 3.92. The second-order valence-electron chi connectivity index (χ2n) is 4.49. The average Bonchev–Trinajstić information content (AvgIpc) is 3.13. The lowest BCUT2D eigenvalue weighted by Gasteiger charge is -2.03. The van der Waals surface area contributed by atoms with Crippen molar-refractivity contribution in [3.8, 4) is 0 Å². The number of H-pyrrole nitrogens is 1. The Morgan fingerprint density at radius 2 is 2.18 bits per heavy atom. The Balaban J connectivity index is 1.81. The van der Waals surface area contributed by atoms with Crippen molar-refractivity contribution in [2.45, 2.75) is 12.1 Å². The van der Waals surface area contributed by atoms with E-state index in [-0.39, 0.29) is 23.2 Å². The molecule has 3 rings (SSSR count). The first-order valence-electron chi connectivity index (χ1n) is 6.45. The van der Waals surface area contributed by atoms with Gasteiger partial charge in [0.25, 0.3) is 0 Å². The van der Waals surface area contributed by atoms with Gasteiger partial charge in [0.15, 0.2) is 16.7 Å². The topological polar surface area (TPSA) is 101 Å². The molecule has 22 heavy (non-hydrogen) atoms. The zero-order chi connectivity index (χ0) is 15.5. The maximum atomic E-state index is 12.1. The van der Waals surface area contributed by atoms with Crippen LogP contribution in [0.5, 0.6) is 0 Å². The number of aromatic amines is 1. The van der Waals surface area contributed by atoms with Crippen LogP contribution in [0.4, 0.5) is 5.69 Å². The fourth-order valence-corrected chi connectivity index (χ4v) is 2.57. The van der Waals surface area contributed by atoms with Gasteiger partial charge in [-0.3, -0.25) is 14.7 Å². The van der Waals surface area contributed by atoms with E-state index in [1.807, 2.05) is 6.07 Å². The quantitative estimate of drug-likeness (QED) is 0.554. The molecule has 7 nitrogen and oxygen atoms in total. The van der Waals surface area contributed by atoms with Gasteiger partial charge in [-0.1, -0.05) is 23.9 Å². The predicted octanol–water partition coefficient (Wildman–Crippen LogP) is 2.48. The summed E-state index contributed by atoms with van der Waals surface area (Å²) in [5.41, 5.74) is 0.970. The molecule has 0 bridgehead atoms. The predicted molar refractivity (Wildman–Crippen MR) is 82.0 cm³/mol. The highest BCUT2D eigenvalue weighted by molar-refractivity contribution is 7.99. The van der Waals surface area contributed by atoms with Crippen molar-refractivity contribution in [3.05, 3.63) is 36.4 Å². The van der Waals surface area contributed by atoms with Crippen molar-refractivity contribution in [2.24, 2.45) is 0 Å². The molecule has 0 atom stereocenters.